The smallest absolute Gasteiger partial charge is 0.138 e. The Bertz CT molecular complexity index is 1090. The average Bonchev–Trinajstić information content (AvgIpc) is 2.74. The highest BCUT2D eigenvalue weighted by molar-refractivity contribution is 5.59. The van der Waals surface area contributed by atoms with Crippen LogP contribution in [0.15, 0.2) is 24.3 Å². The molecular weight excluding hydrogens is 408 g/mol. The lowest BCUT2D eigenvalue weighted by Gasteiger charge is -2.80. The van der Waals surface area contributed by atoms with Crippen LogP contribution in [0.5, 0.6) is 0 Å². The van der Waals surface area contributed by atoms with Crippen molar-refractivity contribution in [2.24, 2.45) is 0 Å². The molecule has 0 radical (unpaired) electrons. The Morgan fingerprint density at radius 1 is 0.750 bits per heavy atom. The number of aliphatic hydroxyl groups is 6. The van der Waals surface area contributed by atoms with E-state index in [1.807, 2.05) is 65.8 Å². The van der Waals surface area contributed by atoms with Gasteiger partial charge in [0, 0.05) is 5.92 Å². The first-order chi connectivity index (χ1) is 14.8. The van der Waals surface area contributed by atoms with E-state index in [1.165, 1.54) is 0 Å². The molecule has 0 heterocycles. The highest BCUT2D eigenvalue weighted by Crippen LogP contribution is 2.76. The van der Waals surface area contributed by atoms with Gasteiger partial charge in [0.1, 0.15) is 22.9 Å². The van der Waals surface area contributed by atoms with Crippen molar-refractivity contribution in [2.45, 2.75) is 82.4 Å². The molecule has 6 heteroatoms. The number of hydrogen-bond acceptors (Lipinski definition) is 6. The zero-order valence-corrected chi connectivity index (χ0v) is 19.5. The van der Waals surface area contributed by atoms with Gasteiger partial charge in [-0.05, 0) is 86.1 Å². The quantitative estimate of drug-likeness (QED) is 0.425. The summed E-state index contributed by atoms with van der Waals surface area (Å²) < 4.78 is 0. The fourth-order valence-corrected chi connectivity index (χ4v) is 6.37. The molecule has 2 fully saturated rings. The summed E-state index contributed by atoms with van der Waals surface area (Å²) in [6, 6.07) is 7.50. The second-order valence-corrected chi connectivity index (χ2v) is 10.1. The van der Waals surface area contributed by atoms with E-state index in [9.17, 15) is 30.6 Å². The average molecular weight is 443 g/mol. The number of aliphatic hydroxyl groups excluding tert-OH is 3. The van der Waals surface area contributed by atoms with Crippen molar-refractivity contribution in [3.8, 4) is 0 Å². The number of rotatable bonds is 4. The molecule has 2 saturated carbocycles. The highest BCUT2D eigenvalue weighted by atomic mass is 16.5. The van der Waals surface area contributed by atoms with Gasteiger partial charge in [-0.1, -0.05) is 24.3 Å². The molecule has 7 atom stereocenters. The van der Waals surface area contributed by atoms with Crippen LogP contribution < -0.4 is 0 Å². The predicted molar refractivity (Wildman–Crippen MR) is 121 cm³/mol. The molecule has 0 saturated heterocycles. The second kappa shape index (κ2) is 7.10. The van der Waals surface area contributed by atoms with Crippen molar-refractivity contribution in [1.82, 2.24) is 0 Å². The van der Waals surface area contributed by atoms with Crippen molar-refractivity contribution in [1.29, 1.82) is 0 Å². The summed E-state index contributed by atoms with van der Waals surface area (Å²) in [5.41, 5.74) is 0.0416. The lowest BCUT2D eigenvalue weighted by atomic mass is 9.30. The molecule has 4 rings (SSSR count). The third kappa shape index (κ3) is 2.45. The first-order valence-corrected chi connectivity index (χ1v) is 11.1. The van der Waals surface area contributed by atoms with Gasteiger partial charge < -0.3 is 30.6 Å². The van der Waals surface area contributed by atoms with Crippen LogP contribution in [0.4, 0.5) is 0 Å². The molecule has 2 aromatic carbocycles. The van der Waals surface area contributed by atoms with Crippen molar-refractivity contribution in [2.75, 3.05) is 6.61 Å². The summed E-state index contributed by atoms with van der Waals surface area (Å²) in [5, 5.41) is 67.1. The molecule has 2 aromatic rings. The SMILES string of the molecule is Cc1cc(C)c(C2C(O)[C@@]3(O)C(c4cc(C)c(C)cc4C)[C@@](O)([C@H](O)CO)[C@@]23O)cc1C. The van der Waals surface area contributed by atoms with Crippen LogP contribution in [0.25, 0.3) is 0 Å². The number of aryl methyl sites for hydroxylation is 6. The minimum atomic E-state index is -2.27. The first-order valence-electron chi connectivity index (χ1n) is 11.1. The van der Waals surface area contributed by atoms with Crippen LogP contribution in [0.2, 0.25) is 0 Å². The van der Waals surface area contributed by atoms with Crippen LogP contribution >= 0.6 is 0 Å². The Morgan fingerprint density at radius 2 is 1.19 bits per heavy atom. The number of hydrogen-bond donors (Lipinski definition) is 6. The molecule has 0 bridgehead atoms. The van der Waals surface area contributed by atoms with E-state index in [1.54, 1.807) is 0 Å². The summed E-state index contributed by atoms with van der Waals surface area (Å²) in [7, 11) is 0. The Kier molecular flexibility index (Phi) is 5.18. The fourth-order valence-electron chi connectivity index (χ4n) is 6.37. The molecular formula is C26H34O6. The van der Waals surface area contributed by atoms with Gasteiger partial charge in [0.25, 0.3) is 0 Å². The molecule has 6 N–H and O–H groups in total. The van der Waals surface area contributed by atoms with Crippen LogP contribution in [0, 0.1) is 41.5 Å². The first kappa shape index (κ1) is 23.4. The van der Waals surface area contributed by atoms with E-state index in [0.717, 1.165) is 33.4 Å². The van der Waals surface area contributed by atoms with Crippen LogP contribution in [0.3, 0.4) is 0 Å². The lowest BCUT2D eigenvalue weighted by molar-refractivity contribution is -0.459. The monoisotopic (exact) mass is 442 g/mol. The van der Waals surface area contributed by atoms with Gasteiger partial charge in [-0.2, -0.15) is 0 Å². The van der Waals surface area contributed by atoms with Gasteiger partial charge >= 0.3 is 0 Å². The van der Waals surface area contributed by atoms with Gasteiger partial charge in [-0.25, -0.2) is 0 Å². The van der Waals surface area contributed by atoms with Gasteiger partial charge in [0.05, 0.1) is 18.6 Å². The van der Waals surface area contributed by atoms with Crippen LogP contribution in [-0.2, 0) is 0 Å². The van der Waals surface area contributed by atoms with E-state index >= 15 is 0 Å². The summed E-state index contributed by atoms with van der Waals surface area (Å²) in [4.78, 5) is 0. The molecule has 2 aliphatic rings. The Morgan fingerprint density at radius 3 is 1.69 bits per heavy atom. The van der Waals surface area contributed by atoms with Crippen molar-refractivity contribution < 1.29 is 30.6 Å². The predicted octanol–water partition coefficient (Wildman–Crippen LogP) is 1.34. The number of benzene rings is 2. The molecule has 3 unspecified atom stereocenters. The maximum Gasteiger partial charge on any atom is 0.138 e. The molecule has 0 amide bonds. The van der Waals surface area contributed by atoms with E-state index in [0.29, 0.717) is 11.1 Å². The molecule has 0 aromatic heterocycles. The summed E-state index contributed by atoms with van der Waals surface area (Å²) in [6.45, 7) is 10.6. The third-order valence-corrected chi connectivity index (χ3v) is 8.41. The van der Waals surface area contributed by atoms with Crippen molar-refractivity contribution in [3.63, 3.8) is 0 Å². The molecule has 0 spiro atoms. The largest absolute Gasteiger partial charge is 0.394 e. The van der Waals surface area contributed by atoms with Gasteiger partial charge in [-0.3, -0.25) is 0 Å². The Hall–Kier alpha value is -1.80. The van der Waals surface area contributed by atoms with Crippen LogP contribution in [0.1, 0.15) is 56.3 Å². The molecule has 6 nitrogen and oxygen atoms in total. The van der Waals surface area contributed by atoms with E-state index in [-0.39, 0.29) is 0 Å². The highest BCUT2D eigenvalue weighted by Gasteiger charge is 2.93. The van der Waals surface area contributed by atoms with Crippen molar-refractivity contribution >= 4 is 0 Å². The zero-order chi connectivity index (χ0) is 24.0. The summed E-state index contributed by atoms with van der Waals surface area (Å²) in [5.74, 6) is -2.21. The molecule has 174 valence electrons. The third-order valence-electron chi connectivity index (χ3n) is 8.41. The Balaban J connectivity index is 1.92. The van der Waals surface area contributed by atoms with Crippen LogP contribution in [-0.4, -0.2) is 66.3 Å². The van der Waals surface area contributed by atoms with E-state index < -0.39 is 47.5 Å². The second-order valence-electron chi connectivity index (χ2n) is 10.1. The minimum absolute atomic E-state index is 0.532. The maximum atomic E-state index is 11.8. The number of fused-ring (bicyclic) bond motifs is 1. The van der Waals surface area contributed by atoms with Gasteiger partial charge in [0.15, 0.2) is 0 Å². The molecule has 0 aliphatic heterocycles. The summed E-state index contributed by atoms with van der Waals surface area (Å²) in [6.07, 6.45) is -3.09. The topological polar surface area (TPSA) is 121 Å². The van der Waals surface area contributed by atoms with Gasteiger partial charge in [0.2, 0.25) is 0 Å². The molecule has 32 heavy (non-hydrogen) atoms. The van der Waals surface area contributed by atoms with Crippen molar-refractivity contribution in [3.05, 3.63) is 68.8 Å². The summed E-state index contributed by atoms with van der Waals surface area (Å²) >= 11 is 0. The standard InChI is InChI=1S/C26H34O6/c1-12-7-16(5)18(9-14(12)3)21-23(29)25(31)22(19-10-15(4)13(2)8-17(19)6)24(30,20(28)11-27)26(21,25)32/h7-10,20-23,27-32H,11H2,1-6H3/t20-,21?,22?,23?,24+,25+,26+/m1/s1. The van der Waals surface area contributed by atoms with Gasteiger partial charge in [-0.15, -0.1) is 0 Å². The van der Waals surface area contributed by atoms with E-state index in [4.69, 9.17) is 0 Å². The Labute approximate surface area is 188 Å². The molecule has 2 aliphatic carbocycles. The normalized spacial score (nSPS) is 36.8. The fraction of sp³-hybridized carbons (Fsp3) is 0.538. The van der Waals surface area contributed by atoms with E-state index in [2.05, 4.69) is 0 Å². The lowest BCUT2D eigenvalue weighted by Crippen LogP contribution is -2.99. The zero-order valence-electron chi connectivity index (χ0n) is 19.5. The maximum absolute atomic E-state index is 11.8. The minimum Gasteiger partial charge on any atom is -0.394 e.